The van der Waals surface area contributed by atoms with Crippen molar-refractivity contribution >= 4 is 17.6 Å². The summed E-state index contributed by atoms with van der Waals surface area (Å²) in [5.41, 5.74) is 2.62. The summed E-state index contributed by atoms with van der Waals surface area (Å²) in [6.45, 7) is 5.70. The molecule has 0 aliphatic carbocycles. The zero-order valence-electron chi connectivity index (χ0n) is 13.9. The van der Waals surface area contributed by atoms with E-state index < -0.39 is 6.09 Å². The van der Waals surface area contributed by atoms with Gasteiger partial charge in [0.25, 0.3) is 0 Å². The van der Waals surface area contributed by atoms with Gasteiger partial charge in [0.1, 0.15) is 0 Å². The number of ketones is 1. The second-order valence-electron chi connectivity index (χ2n) is 5.65. The van der Waals surface area contributed by atoms with Crippen molar-refractivity contribution in [1.82, 2.24) is 0 Å². The second kappa shape index (κ2) is 7.09. The molecule has 120 valence electrons. The van der Waals surface area contributed by atoms with Gasteiger partial charge in [-0.1, -0.05) is 36.4 Å². The quantitative estimate of drug-likeness (QED) is 0.795. The average Bonchev–Trinajstić information content (AvgIpc) is 2.55. The lowest BCUT2D eigenvalue weighted by Crippen LogP contribution is -2.38. The average molecular weight is 311 g/mol. The number of hydrogen-bond acceptors (Lipinski definition) is 3. The third kappa shape index (κ3) is 3.59. The minimum absolute atomic E-state index is 0.116. The minimum atomic E-state index is -0.479. The van der Waals surface area contributed by atoms with Gasteiger partial charge in [0, 0.05) is 17.2 Å². The Morgan fingerprint density at radius 3 is 2.26 bits per heavy atom. The van der Waals surface area contributed by atoms with Crippen LogP contribution in [0, 0.1) is 6.92 Å². The molecule has 0 aromatic heterocycles. The van der Waals surface area contributed by atoms with Crippen molar-refractivity contribution in [3.8, 4) is 0 Å². The van der Waals surface area contributed by atoms with Gasteiger partial charge in [0.2, 0.25) is 0 Å². The van der Waals surface area contributed by atoms with Crippen LogP contribution in [0.15, 0.2) is 48.5 Å². The first-order chi connectivity index (χ1) is 11.0. The van der Waals surface area contributed by atoms with Crippen molar-refractivity contribution in [3.05, 3.63) is 65.2 Å². The molecule has 2 aromatic carbocycles. The fourth-order valence-electron chi connectivity index (χ4n) is 2.46. The van der Waals surface area contributed by atoms with Crippen LogP contribution in [0.3, 0.4) is 0 Å². The van der Waals surface area contributed by atoms with Crippen LogP contribution in [0.25, 0.3) is 0 Å². The molecule has 0 aliphatic heterocycles. The highest BCUT2D eigenvalue weighted by molar-refractivity contribution is 6.14. The maximum atomic E-state index is 12.8. The summed E-state index contributed by atoms with van der Waals surface area (Å²) in [4.78, 5) is 26.5. The summed E-state index contributed by atoms with van der Waals surface area (Å²) in [7, 11) is 1.34. The lowest BCUT2D eigenvalue weighted by Gasteiger charge is -2.27. The minimum Gasteiger partial charge on any atom is -0.452 e. The van der Waals surface area contributed by atoms with Gasteiger partial charge < -0.3 is 4.74 Å². The van der Waals surface area contributed by atoms with Crippen LogP contribution in [-0.4, -0.2) is 25.0 Å². The zero-order valence-corrected chi connectivity index (χ0v) is 13.9. The fourth-order valence-corrected chi connectivity index (χ4v) is 2.46. The van der Waals surface area contributed by atoms with E-state index in [9.17, 15) is 9.59 Å². The van der Waals surface area contributed by atoms with Gasteiger partial charge in [-0.15, -0.1) is 0 Å². The SMILES string of the molecule is COC(=O)N(c1cc(C)ccc1C(=O)c1ccccc1)C(C)C. The predicted octanol–water partition coefficient (Wildman–Crippen LogP) is 4.21. The fraction of sp³-hybridized carbons (Fsp3) is 0.263. The van der Waals surface area contributed by atoms with Crippen molar-refractivity contribution in [2.24, 2.45) is 0 Å². The molecule has 2 aromatic rings. The van der Waals surface area contributed by atoms with Crippen molar-refractivity contribution in [3.63, 3.8) is 0 Å². The number of amides is 1. The molecule has 0 unspecified atom stereocenters. The van der Waals surface area contributed by atoms with E-state index >= 15 is 0 Å². The van der Waals surface area contributed by atoms with Crippen LogP contribution in [0.5, 0.6) is 0 Å². The van der Waals surface area contributed by atoms with Crippen LogP contribution < -0.4 is 4.90 Å². The molecule has 1 amide bonds. The monoisotopic (exact) mass is 311 g/mol. The maximum Gasteiger partial charge on any atom is 0.414 e. The highest BCUT2D eigenvalue weighted by atomic mass is 16.5. The third-order valence-corrected chi connectivity index (χ3v) is 3.58. The summed E-state index contributed by atoms with van der Waals surface area (Å²) < 4.78 is 4.88. The van der Waals surface area contributed by atoms with E-state index in [0.29, 0.717) is 16.8 Å². The van der Waals surface area contributed by atoms with Crippen LogP contribution in [-0.2, 0) is 4.74 Å². The number of anilines is 1. The Labute approximate surface area is 136 Å². The molecule has 0 saturated heterocycles. The number of methoxy groups -OCH3 is 1. The molecule has 0 N–H and O–H groups in total. The Hall–Kier alpha value is -2.62. The summed E-state index contributed by atoms with van der Waals surface area (Å²) in [6.07, 6.45) is -0.479. The van der Waals surface area contributed by atoms with E-state index in [-0.39, 0.29) is 11.8 Å². The van der Waals surface area contributed by atoms with Gasteiger partial charge in [0.15, 0.2) is 5.78 Å². The van der Waals surface area contributed by atoms with Crippen LogP contribution in [0.2, 0.25) is 0 Å². The molecule has 0 heterocycles. The van der Waals surface area contributed by atoms with Crippen molar-refractivity contribution in [1.29, 1.82) is 0 Å². The molecule has 0 aliphatic rings. The van der Waals surface area contributed by atoms with Gasteiger partial charge in [-0.25, -0.2) is 4.79 Å². The molecular formula is C19H21NO3. The lowest BCUT2D eigenvalue weighted by molar-refractivity contribution is 0.103. The molecule has 2 rings (SSSR count). The van der Waals surface area contributed by atoms with Crippen molar-refractivity contribution in [2.45, 2.75) is 26.8 Å². The summed E-state index contributed by atoms with van der Waals surface area (Å²) >= 11 is 0. The first-order valence-corrected chi connectivity index (χ1v) is 7.53. The van der Waals surface area contributed by atoms with Gasteiger partial charge in [-0.2, -0.15) is 0 Å². The first-order valence-electron chi connectivity index (χ1n) is 7.53. The normalized spacial score (nSPS) is 10.5. The molecule has 23 heavy (non-hydrogen) atoms. The molecule has 0 saturated carbocycles. The van der Waals surface area contributed by atoms with E-state index in [2.05, 4.69) is 0 Å². The Kier molecular flexibility index (Phi) is 5.16. The molecule has 0 radical (unpaired) electrons. The maximum absolute atomic E-state index is 12.8. The zero-order chi connectivity index (χ0) is 17.0. The van der Waals surface area contributed by atoms with Gasteiger partial charge in [-0.3, -0.25) is 9.69 Å². The molecule has 4 nitrogen and oxygen atoms in total. The van der Waals surface area contributed by atoms with Crippen molar-refractivity contribution < 1.29 is 14.3 Å². The Bertz CT molecular complexity index is 708. The smallest absolute Gasteiger partial charge is 0.414 e. The molecule has 4 heteroatoms. The van der Waals surface area contributed by atoms with Gasteiger partial charge in [0.05, 0.1) is 12.8 Å². The number of benzene rings is 2. The number of ether oxygens (including phenoxy) is 1. The number of nitrogens with zero attached hydrogens (tertiary/aromatic N) is 1. The number of rotatable bonds is 4. The molecule has 0 bridgehead atoms. The highest BCUT2D eigenvalue weighted by Gasteiger charge is 2.25. The summed E-state index contributed by atoms with van der Waals surface area (Å²) in [6, 6.07) is 14.4. The molecule has 0 fully saturated rings. The third-order valence-electron chi connectivity index (χ3n) is 3.58. The van der Waals surface area contributed by atoms with Crippen LogP contribution in [0.1, 0.15) is 35.3 Å². The van der Waals surface area contributed by atoms with Crippen LogP contribution >= 0.6 is 0 Å². The number of hydrogen-bond donors (Lipinski definition) is 0. The number of carbonyl (C=O) groups is 2. The number of carbonyl (C=O) groups excluding carboxylic acids is 2. The number of aryl methyl sites for hydroxylation is 1. The Morgan fingerprint density at radius 1 is 1.04 bits per heavy atom. The lowest BCUT2D eigenvalue weighted by atomic mass is 9.99. The van der Waals surface area contributed by atoms with E-state index in [1.54, 1.807) is 18.2 Å². The molecule has 0 atom stereocenters. The van der Waals surface area contributed by atoms with Gasteiger partial charge >= 0.3 is 6.09 Å². The highest BCUT2D eigenvalue weighted by Crippen LogP contribution is 2.27. The Balaban J connectivity index is 2.57. The topological polar surface area (TPSA) is 46.6 Å². The van der Waals surface area contributed by atoms with Gasteiger partial charge in [-0.05, 0) is 38.5 Å². The first kappa shape index (κ1) is 16.7. The predicted molar refractivity (Wildman–Crippen MR) is 91.1 cm³/mol. The van der Waals surface area contributed by atoms with E-state index in [1.165, 1.54) is 12.0 Å². The second-order valence-corrected chi connectivity index (χ2v) is 5.65. The molecular weight excluding hydrogens is 290 g/mol. The molecule has 0 spiro atoms. The summed E-state index contributed by atoms with van der Waals surface area (Å²) in [5, 5.41) is 0. The standard InChI is InChI=1S/C19H21NO3/c1-13(2)20(19(22)23-4)17-12-14(3)10-11-16(17)18(21)15-8-6-5-7-9-15/h5-13H,1-4H3. The summed E-state index contributed by atoms with van der Waals surface area (Å²) in [5.74, 6) is -0.116. The largest absolute Gasteiger partial charge is 0.452 e. The van der Waals surface area contributed by atoms with E-state index in [0.717, 1.165) is 5.56 Å². The van der Waals surface area contributed by atoms with E-state index in [4.69, 9.17) is 4.74 Å². The van der Waals surface area contributed by atoms with Crippen molar-refractivity contribution in [2.75, 3.05) is 12.0 Å². The Morgan fingerprint density at radius 2 is 1.70 bits per heavy atom. The van der Waals surface area contributed by atoms with Crippen LogP contribution in [0.4, 0.5) is 10.5 Å². The van der Waals surface area contributed by atoms with E-state index in [1.807, 2.05) is 51.1 Å².